The van der Waals surface area contributed by atoms with Gasteiger partial charge in [0.2, 0.25) is 0 Å². The summed E-state index contributed by atoms with van der Waals surface area (Å²) >= 11 is 1.77. The van der Waals surface area contributed by atoms with Crippen molar-refractivity contribution in [2.75, 3.05) is 5.32 Å². The van der Waals surface area contributed by atoms with Gasteiger partial charge in [0.15, 0.2) is 0 Å². The number of rotatable bonds is 6. The molecule has 0 saturated carbocycles. The second-order valence-corrected chi connectivity index (χ2v) is 5.94. The number of aryl methyl sites for hydroxylation is 1. The molecule has 0 amide bonds. The summed E-state index contributed by atoms with van der Waals surface area (Å²) in [7, 11) is 0. The van der Waals surface area contributed by atoms with Crippen LogP contribution in [0.4, 0.5) is 5.69 Å². The molecule has 108 valence electrons. The fourth-order valence-electron chi connectivity index (χ4n) is 2.33. The maximum absolute atomic E-state index is 4.37. The normalized spacial score (nSPS) is 10.7. The van der Waals surface area contributed by atoms with Gasteiger partial charge in [0.1, 0.15) is 0 Å². The van der Waals surface area contributed by atoms with Gasteiger partial charge < -0.3 is 5.32 Å². The van der Waals surface area contributed by atoms with Crippen LogP contribution in [0.15, 0.2) is 54.2 Å². The van der Waals surface area contributed by atoms with Crippen LogP contribution in [0.5, 0.6) is 0 Å². The summed E-state index contributed by atoms with van der Waals surface area (Å²) < 4.78 is 2.00. The molecular weight excluding hydrogens is 278 g/mol. The number of benzene rings is 1. The van der Waals surface area contributed by atoms with Crippen LogP contribution >= 0.6 is 11.3 Å². The lowest BCUT2D eigenvalue weighted by Gasteiger charge is -2.10. The Hall–Kier alpha value is -2.07. The van der Waals surface area contributed by atoms with Crippen LogP contribution in [0.2, 0.25) is 0 Å². The van der Waals surface area contributed by atoms with E-state index >= 15 is 0 Å². The zero-order chi connectivity index (χ0) is 14.5. The lowest BCUT2D eigenvalue weighted by molar-refractivity contribution is 0.602. The third-order valence-electron chi connectivity index (χ3n) is 3.34. The molecule has 0 fully saturated rings. The van der Waals surface area contributed by atoms with Gasteiger partial charge in [-0.2, -0.15) is 5.10 Å². The Bertz CT molecular complexity index is 686. The lowest BCUT2D eigenvalue weighted by atomic mass is 10.1. The molecule has 0 radical (unpaired) electrons. The molecule has 0 spiro atoms. The molecule has 0 bridgehead atoms. The average molecular weight is 297 g/mol. The van der Waals surface area contributed by atoms with Crippen molar-refractivity contribution in [2.45, 2.75) is 26.4 Å². The van der Waals surface area contributed by atoms with Gasteiger partial charge in [-0.05, 0) is 23.9 Å². The van der Waals surface area contributed by atoms with Crippen LogP contribution in [0.3, 0.4) is 0 Å². The molecule has 0 saturated heterocycles. The number of nitrogens with one attached hydrogen (secondary N) is 1. The third-order valence-corrected chi connectivity index (χ3v) is 4.24. The van der Waals surface area contributed by atoms with E-state index in [1.165, 1.54) is 21.7 Å². The third kappa shape index (κ3) is 3.34. The standard InChI is InChI=1S/C17H19N3S/c1-2-9-20-13-14(12-19-20)11-18-16-7-4-3-6-15(16)17-8-5-10-21-17/h3-8,10,12-13,18H,2,9,11H2,1H3. The Morgan fingerprint density at radius 1 is 1.19 bits per heavy atom. The maximum Gasteiger partial charge on any atom is 0.0539 e. The largest absolute Gasteiger partial charge is 0.380 e. The fraction of sp³-hybridized carbons (Fsp3) is 0.235. The molecule has 0 aliphatic carbocycles. The zero-order valence-electron chi connectivity index (χ0n) is 12.1. The van der Waals surface area contributed by atoms with Gasteiger partial charge in [-0.15, -0.1) is 11.3 Å². The molecule has 21 heavy (non-hydrogen) atoms. The Morgan fingerprint density at radius 2 is 2.10 bits per heavy atom. The van der Waals surface area contributed by atoms with E-state index in [1.54, 1.807) is 11.3 Å². The number of anilines is 1. The van der Waals surface area contributed by atoms with Gasteiger partial charge in [0.25, 0.3) is 0 Å². The van der Waals surface area contributed by atoms with E-state index in [-0.39, 0.29) is 0 Å². The molecule has 0 atom stereocenters. The number of hydrogen-bond acceptors (Lipinski definition) is 3. The predicted octanol–water partition coefficient (Wildman–Crippen LogP) is 4.63. The second kappa shape index (κ2) is 6.59. The van der Waals surface area contributed by atoms with Crippen molar-refractivity contribution in [3.63, 3.8) is 0 Å². The number of thiophene rings is 1. The summed E-state index contributed by atoms with van der Waals surface area (Å²) in [4.78, 5) is 1.29. The van der Waals surface area contributed by atoms with Crippen molar-refractivity contribution in [3.8, 4) is 10.4 Å². The minimum atomic E-state index is 0.798. The van der Waals surface area contributed by atoms with Gasteiger partial charge >= 0.3 is 0 Å². The predicted molar refractivity (Wildman–Crippen MR) is 89.6 cm³/mol. The van der Waals surface area contributed by atoms with Crippen molar-refractivity contribution in [1.82, 2.24) is 9.78 Å². The molecule has 1 N–H and O–H groups in total. The Balaban J connectivity index is 1.73. The van der Waals surface area contributed by atoms with E-state index in [2.05, 4.69) is 65.3 Å². The molecule has 3 aromatic rings. The molecule has 4 heteroatoms. The maximum atomic E-state index is 4.37. The van der Waals surface area contributed by atoms with Crippen LogP contribution < -0.4 is 5.32 Å². The van der Waals surface area contributed by atoms with Crippen molar-refractivity contribution in [1.29, 1.82) is 0 Å². The fourth-order valence-corrected chi connectivity index (χ4v) is 3.10. The summed E-state index contributed by atoms with van der Waals surface area (Å²) in [5.41, 5.74) is 3.64. The van der Waals surface area contributed by atoms with Crippen LogP contribution in [0.1, 0.15) is 18.9 Å². The molecule has 0 aliphatic heterocycles. The topological polar surface area (TPSA) is 29.9 Å². The van der Waals surface area contributed by atoms with Crippen molar-refractivity contribution in [3.05, 3.63) is 59.7 Å². The monoisotopic (exact) mass is 297 g/mol. The van der Waals surface area contributed by atoms with E-state index in [1.807, 2.05) is 10.9 Å². The molecular formula is C17H19N3S. The summed E-state index contributed by atoms with van der Waals surface area (Å²) in [5.74, 6) is 0. The summed E-state index contributed by atoms with van der Waals surface area (Å²) in [6.45, 7) is 3.94. The first-order chi connectivity index (χ1) is 10.4. The number of para-hydroxylation sites is 1. The molecule has 1 aromatic carbocycles. The first kappa shape index (κ1) is 13.9. The lowest BCUT2D eigenvalue weighted by Crippen LogP contribution is -2.00. The van der Waals surface area contributed by atoms with Crippen molar-refractivity contribution >= 4 is 17.0 Å². The van der Waals surface area contributed by atoms with E-state index < -0.39 is 0 Å². The van der Waals surface area contributed by atoms with Gasteiger partial charge in [-0.1, -0.05) is 31.2 Å². The Kier molecular flexibility index (Phi) is 4.36. The summed E-state index contributed by atoms with van der Waals surface area (Å²) in [6.07, 6.45) is 5.16. The van der Waals surface area contributed by atoms with Gasteiger partial charge in [0.05, 0.1) is 6.20 Å². The van der Waals surface area contributed by atoms with E-state index in [0.717, 1.165) is 19.5 Å². The highest BCUT2D eigenvalue weighted by molar-refractivity contribution is 7.13. The zero-order valence-corrected chi connectivity index (χ0v) is 12.9. The minimum Gasteiger partial charge on any atom is -0.380 e. The van der Waals surface area contributed by atoms with Crippen LogP contribution in [-0.4, -0.2) is 9.78 Å². The molecule has 3 nitrogen and oxygen atoms in total. The molecule has 0 aliphatic rings. The highest BCUT2D eigenvalue weighted by Crippen LogP contribution is 2.31. The van der Waals surface area contributed by atoms with Crippen LogP contribution in [0.25, 0.3) is 10.4 Å². The van der Waals surface area contributed by atoms with Gasteiger partial charge in [0, 0.05) is 41.0 Å². The smallest absolute Gasteiger partial charge is 0.0539 e. The average Bonchev–Trinajstić information content (AvgIpc) is 3.17. The Labute approximate surface area is 129 Å². The first-order valence-corrected chi connectivity index (χ1v) is 8.13. The van der Waals surface area contributed by atoms with Crippen molar-refractivity contribution < 1.29 is 0 Å². The van der Waals surface area contributed by atoms with Crippen LogP contribution in [-0.2, 0) is 13.1 Å². The summed E-state index contributed by atoms with van der Waals surface area (Å²) in [6, 6.07) is 12.7. The highest BCUT2D eigenvalue weighted by Gasteiger charge is 2.05. The van der Waals surface area contributed by atoms with E-state index in [9.17, 15) is 0 Å². The van der Waals surface area contributed by atoms with Gasteiger partial charge in [-0.3, -0.25) is 4.68 Å². The molecule has 0 unspecified atom stereocenters. The highest BCUT2D eigenvalue weighted by atomic mass is 32.1. The van der Waals surface area contributed by atoms with Gasteiger partial charge in [-0.25, -0.2) is 0 Å². The molecule has 2 heterocycles. The second-order valence-electron chi connectivity index (χ2n) is 4.99. The van der Waals surface area contributed by atoms with E-state index in [0.29, 0.717) is 0 Å². The van der Waals surface area contributed by atoms with E-state index in [4.69, 9.17) is 0 Å². The minimum absolute atomic E-state index is 0.798. The SMILES string of the molecule is CCCn1cc(CNc2ccccc2-c2cccs2)cn1. The quantitative estimate of drug-likeness (QED) is 0.718. The molecule has 2 aromatic heterocycles. The number of nitrogens with zero attached hydrogens (tertiary/aromatic N) is 2. The number of hydrogen-bond donors (Lipinski definition) is 1. The first-order valence-electron chi connectivity index (χ1n) is 7.25. The molecule has 3 rings (SSSR count). The number of aromatic nitrogens is 2. The summed E-state index contributed by atoms with van der Waals surface area (Å²) in [5, 5.41) is 10.0. The van der Waals surface area contributed by atoms with Crippen molar-refractivity contribution in [2.24, 2.45) is 0 Å². The Morgan fingerprint density at radius 3 is 2.90 bits per heavy atom. The van der Waals surface area contributed by atoms with Crippen LogP contribution in [0, 0.1) is 0 Å².